The Morgan fingerprint density at radius 2 is 1.76 bits per heavy atom. The summed E-state index contributed by atoms with van der Waals surface area (Å²) >= 11 is 0. The van der Waals surface area contributed by atoms with E-state index in [1.54, 1.807) is 29.3 Å². The number of ketones is 1. The third-order valence-electron chi connectivity index (χ3n) is 12.0. The molecule has 3 N–H and O–H groups in total. The molecule has 3 saturated heterocycles. The average molecular weight is 869 g/mol. The van der Waals surface area contributed by atoms with Crippen LogP contribution in [0.5, 0.6) is 5.75 Å². The molecule has 0 aliphatic carbocycles. The maximum Gasteiger partial charge on any atom is 0.301 e. The van der Waals surface area contributed by atoms with Gasteiger partial charge >= 0.3 is 10.2 Å². The second kappa shape index (κ2) is 16.6. The lowest BCUT2D eigenvalue weighted by atomic mass is 9.99. The molecule has 2 aromatic heterocycles. The van der Waals surface area contributed by atoms with Gasteiger partial charge in [0.25, 0.3) is 5.91 Å². The smallest absolute Gasteiger partial charge is 0.301 e. The van der Waals surface area contributed by atoms with Crippen LogP contribution in [-0.2, 0) is 21.5 Å². The largest absolute Gasteiger partial charge is 0.492 e. The van der Waals surface area contributed by atoms with E-state index in [4.69, 9.17) is 4.74 Å². The molecule has 18 heteroatoms. The molecule has 0 spiro atoms. The number of nitrogens with zero attached hydrogens (tertiary/aromatic N) is 5. The zero-order valence-corrected chi connectivity index (χ0v) is 34.3. The van der Waals surface area contributed by atoms with E-state index < -0.39 is 51.1 Å². The van der Waals surface area contributed by atoms with Crippen molar-refractivity contribution < 1.29 is 40.7 Å². The first kappa shape index (κ1) is 41.1. The molecule has 4 aliphatic rings. The number of allylic oxidation sites excluding steroid dienone is 1. The van der Waals surface area contributed by atoms with E-state index in [-0.39, 0.29) is 36.9 Å². The summed E-state index contributed by atoms with van der Waals surface area (Å²) in [5, 5.41) is 3.09. The Bertz CT molecular complexity index is 2720. The van der Waals surface area contributed by atoms with Gasteiger partial charge in [-0.25, -0.2) is 18.2 Å². The molecule has 14 nitrogen and oxygen atoms in total. The summed E-state index contributed by atoms with van der Waals surface area (Å²) < 4.78 is 79.0. The monoisotopic (exact) mass is 868 g/mol. The number of hydrogen-bond donors (Lipinski definition) is 3. The van der Waals surface area contributed by atoms with Crippen LogP contribution in [0.25, 0.3) is 22.2 Å². The number of nitrogens with one attached hydrogen (secondary N) is 3. The molecule has 5 aromatic rings. The number of hydrogen-bond acceptors (Lipinski definition) is 9. The van der Waals surface area contributed by atoms with Crippen molar-refractivity contribution in [2.45, 2.75) is 38.0 Å². The predicted molar refractivity (Wildman–Crippen MR) is 226 cm³/mol. The number of alkyl halides is 1. The van der Waals surface area contributed by atoms with E-state index in [2.05, 4.69) is 31.7 Å². The fourth-order valence-corrected chi connectivity index (χ4v) is 9.81. The van der Waals surface area contributed by atoms with Gasteiger partial charge in [-0.05, 0) is 78.9 Å². The molecule has 4 aliphatic heterocycles. The highest BCUT2D eigenvalue weighted by Crippen LogP contribution is 2.33. The van der Waals surface area contributed by atoms with Crippen LogP contribution in [0.1, 0.15) is 51.1 Å². The van der Waals surface area contributed by atoms with Crippen molar-refractivity contribution in [3.8, 4) is 16.9 Å². The number of carbonyl (C=O) groups excluding carboxylic acids is 3. The summed E-state index contributed by atoms with van der Waals surface area (Å²) in [5.41, 5.74) is 3.31. The molecule has 322 valence electrons. The van der Waals surface area contributed by atoms with Crippen LogP contribution in [0, 0.1) is 11.6 Å². The number of fused-ring (bicyclic) bond motifs is 2. The fraction of sp³-hybridized carbons (Fsp3) is 0.318. The molecule has 0 bridgehead atoms. The van der Waals surface area contributed by atoms with E-state index in [9.17, 15) is 27.2 Å². The minimum absolute atomic E-state index is 0.00136. The highest BCUT2D eigenvalue weighted by atomic mass is 32.2. The molecule has 9 rings (SSSR count). The van der Waals surface area contributed by atoms with E-state index in [1.807, 2.05) is 35.1 Å². The quantitative estimate of drug-likeness (QED) is 0.140. The van der Waals surface area contributed by atoms with E-state index in [0.717, 1.165) is 66.0 Å². The molecule has 2 atom stereocenters. The third kappa shape index (κ3) is 8.00. The lowest BCUT2D eigenvalue weighted by Crippen LogP contribution is -2.49. The number of anilines is 2. The highest BCUT2D eigenvalue weighted by Gasteiger charge is 2.38. The Balaban J connectivity index is 0.799. The Morgan fingerprint density at radius 3 is 2.50 bits per heavy atom. The number of halogens is 3. The van der Waals surface area contributed by atoms with Crippen LogP contribution in [0.4, 0.5) is 24.5 Å². The van der Waals surface area contributed by atoms with Gasteiger partial charge in [0.05, 0.1) is 11.3 Å². The Hall–Kier alpha value is -6.24. The van der Waals surface area contributed by atoms with Crippen LogP contribution >= 0.6 is 0 Å². The standard InChI is InChI=1S/C44H43F3N8O6S/c1-26-2-11-38(43(57)50-26)55-24-29-20-32(7-8-33(29)44(55)58)61-19-18-52-14-16-53(17-15-52)31-5-3-27(4-6-31)28-21-34-35(23-49-42(34)48-22-28)41(56)39-36(46)9-10-37(40(39)47)51-62(59,60)54-13-12-30(45)25-54/h3-10,20-23,30,38,51H,1-2,11-19,24-25H2,(H,48,49)(H,50,57)/t30-,38?/m1/s1. The van der Waals surface area contributed by atoms with Crippen LogP contribution in [-0.4, -0.2) is 115 Å². The molecular weight excluding hydrogens is 826 g/mol. The van der Waals surface area contributed by atoms with Gasteiger partial charge in [-0.3, -0.25) is 24.0 Å². The van der Waals surface area contributed by atoms with Gasteiger partial charge in [-0.15, -0.1) is 0 Å². The first-order valence-corrected chi connectivity index (χ1v) is 21.8. The number of piperazine rings is 1. The number of aromatic amines is 1. The van der Waals surface area contributed by atoms with Crippen LogP contribution < -0.4 is 19.7 Å². The van der Waals surface area contributed by atoms with Gasteiger partial charge in [0.2, 0.25) is 11.7 Å². The minimum Gasteiger partial charge on any atom is -0.492 e. The maximum absolute atomic E-state index is 15.7. The molecule has 62 heavy (non-hydrogen) atoms. The Morgan fingerprint density at radius 1 is 0.968 bits per heavy atom. The average Bonchev–Trinajstić information content (AvgIpc) is 3.99. The number of amides is 2. The summed E-state index contributed by atoms with van der Waals surface area (Å²) in [6.07, 6.45) is 2.79. The topological polar surface area (TPSA) is 160 Å². The number of ether oxygens (including phenoxy) is 1. The van der Waals surface area contributed by atoms with Gasteiger partial charge in [0, 0.05) is 98.2 Å². The molecular formula is C44H43F3N8O6S. The van der Waals surface area contributed by atoms with E-state index in [0.29, 0.717) is 59.6 Å². The molecule has 2 amide bonds. The fourth-order valence-electron chi connectivity index (χ4n) is 8.54. The maximum atomic E-state index is 15.7. The number of rotatable bonds is 12. The van der Waals surface area contributed by atoms with Crippen molar-refractivity contribution in [2.75, 3.05) is 62.0 Å². The van der Waals surface area contributed by atoms with Crippen LogP contribution in [0.3, 0.4) is 0 Å². The molecule has 1 unspecified atom stereocenters. The van der Waals surface area contributed by atoms with Crippen molar-refractivity contribution in [2.24, 2.45) is 0 Å². The van der Waals surface area contributed by atoms with E-state index in [1.165, 1.54) is 6.20 Å². The highest BCUT2D eigenvalue weighted by molar-refractivity contribution is 7.90. The third-order valence-corrected chi connectivity index (χ3v) is 13.5. The van der Waals surface area contributed by atoms with Gasteiger partial charge in [-0.2, -0.15) is 12.7 Å². The number of carbonyl (C=O) groups is 3. The first-order chi connectivity index (χ1) is 29.8. The Labute approximate surface area is 355 Å². The van der Waals surface area contributed by atoms with Crippen molar-refractivity contribution in [1.82, 2.24) is 29.4 Å². The number of piperidine rings is 1. The second-order valence-corrected chi connectivity index (χ2v) is 17.6. The molecule has 0 saturated carbocycles. The lowest BCUT2D eigenvalue weighted by Gasteiger charge is -2.36. The molecule has 3 aromatic carbocycles. The molecule has 3 fully saturated rings. The van der Waals surface area contributed by atoms with Crippen LogP contribution in [0.15, 0.2) is 85.3 Å². The van der Waals surface area contributed by atoms with Gasteiger partial charge < -0.3 is 24.8 Å². The minimum atomic E-state index is -4.36. The predicted octanol–water partition coefficient (Wildman–Crippen LogP) is 5.39. The summed E-state index contributed by atoms with van der Waals surface area (Å²) in [4.78, 5) is 52.9. The summed E-state index contributed by atoms with van der Waals surface area (Å²) in [6, 6.07) is 16.2. The zero-order chi connectivity index (χ0) is 43.3. The SMILES string of the molecule is C=C1CCC(N2Cc3cc(OCCN4CCN(c5ccc(-c6cnc7[nH]cc(C(=O)c8c(F)ccc(NS(=O)(=O)N9CC[C@@H](F)C9)c8F)c7c6)cc5)CC4)ccc3C2=O)C(=O)N1. The van der Waals surface area contributed by atoms with Gasteiger partial charge in [0.1, 0.15) is 36.0 Å². The zero-order valence-electron chi connectivity index (χ0n) is 33.5. The number of aromatic nitrogens is 2. The lowest BCUT2D eigenvalue weighted by molar-refractivity contribution is -0.126. The van der Waals surface area contributed by atoms with Crippen molar-refractivity contribution in [3.63, 3.8) is 0 Å². The van der Waals surface area contributed by atoms with Gasteiger partial charge in [0.15, 0.2) is 5.82 Å². The van der Waals surface area contributed by atoms with Crippen molar-refractivity contribution in [3.05, 3.63) is 119 Å². The summed E-state index contributed by atoms with van der Waals surface area (Å²) in [6.45, 7) is 8.16. The molecule has 6 heterocycles. The van der Waals surface area contributed by atoms with Gasteiger partial charge in [-0.1, -0.05) is 18.7 Å². The van der Waals surface area contributed by atoms with Crippen molar-refractivity contribution >= 4 is 50.2 Å². The second-order valence-electron chi connectivity index (χ2n) is 15.9. The van der Waals surface area contributed by atoms with E-state index >= 15 is 8.78 Å². The number of pyridine rings is 1. The number of benzene rings is 3. The Kier molecular flexibility index (Phi) is 11.0. The summed E-state index contributed by atoms with van der Waals surface area (Å²) in [7, 11) is -4.36. The summed E-state index contributed by atoms with van der Waals surface area (Å²) in [5.74, 6) is -3.23. The molecule has 0 radical (unpaired) electrons. The first-order valence-electron chi connectivity index (χ1n) is 20.4. The number of H-pyrrole nitrogens is 1. The normalized spacial score (nSPS) is 19.9. The van der Waals surface area contributed by atoms with Crippen LogP contribution in [0.2, 0.25) is 0 Å². The van der Waals surface area contributed by atoms with Crippen molar-refractivity contribution in [1.29, 1.82) is 0 Å².